The van der Waals surface area contributed by atoms with E-state index in [9.17, 15) is 0 Å². The summed E-state index contributed by atoms with van der Waals surface area (Å²) >= 11 is 1.67. The fourth-order valence-corrected chi connectivity index (χ4v) is 2.73. The Balaban J connectivity index is 2.05. The number of hydrogen-bond donors (Lipinski definition) is 1. The van der Waals surface area contributed by atoms with E-state index in [0.717, 1.165) is 23.6 Å². The lowest BCUT2D eigenvalue weighted by molar-refractivity contribution is 0.757. The van der Waals surface area contributed by atoms with Crippen LogP contribution in [-0.4, -0.2) is 28.0 Å². The van der Waals surface area contributed by atoms with Crippen molar-refractivity contribution in [1.29, 1.82) is 0 Å². The first-order valence-electron chi connectivity index (χ1n) is 4.71. The van der Waals surface area contributed by atoms with E-state index in [1.165, 1.54) is 11.4 Å². The minimum absolute atomic E-state index is 0.566. The van der Waals surface area contributed by atoms with Crippen LogP contribution in [-0.2, 0) is 0 Å². The summed E-state index contributed by atoms with van der Waals surface area (Å²) in [5.74, 6) is 0.566. The van der Waals surface area contributed by atoms with Crippen LogP contribution in [0.3, 0.4) is 0 Å². The molecule has 14 heavy (non-hydrogen) atoms. The molecule has 1 saturated heterocycles. The van der Waals surface area contributed by atoms with Crippen LogP contribution in [0.4, 0.5) is 0 Å². The summed E-state index contributed by atoms with van der Waals surface area (Å²) in [4.78, 5) is 13.9. The van der Waals surface area contributed by atoms with Crippen LogP contribution in [0.15, 0.2) is 12.4 Å². The standard InChI is InChI=1S/C9H10N4S/c1-2-10-5-6(1)8-13-7-9(14-8)12-4-3-11-7/h3-4,6,10H,1-2,5H2. The second-order valence-electron chi connectivity index (χ2n) is 3.43. The smallest absolute Gasteiger partial charge is 0.189 e. The van der Waals surface area contributed by atoms with Gasteiger partial charge in [0.1, 0.15) is 5.01 Å². The molecule has 1 aliphatic heterocycles. The average molecular weight is 206 g/mol. The molecular formula is C9H10N4S. The van der Waals surface area contributed by atoms with Crippen LogP contribution in [0, 0.1) is 0 Å². The Bertz CT molecular complexity index is 414. The lowest BCUT2D eigenvalue weighted by atomic mass is 10.1. The molecule has 1 atom stereocenters. The van der Waals surface area contributed by atoms with Crippen molar-refractivity contribution in [2.45, 2.75) is 12.3 Å². The highest BCUT2D eigenvalue weighted by Gasteiger charge is 2.20. The predicted molar refractivity (Wildman–Crippen MR) is 55.4 cm³/mol. The summed E-state index contributed by atoms with van der Waals surface area (Å²) in [5.41, 5.74) is 0.791. The van der Waals surface area contributed by atoms with Crippen LogP contribution in [0.25, 0.3) is 10.5 Å². The van der Waals surface area contributed by atoms with Crippen molar-refractivity contribution < 1.29 is 0 Å². The maximum absolute atomic E-state index is 4.50. The van der Waals surface area contributed by atoms with Crippen molar-refractivity contribution in [2.24, 2.45) is 0 Å². The summed E-state index contributed by atoms with van der Waals surface area (Å²) in [7, 11) is 0. The lowest BCUT2D eigenvalue weighted by Gasteiger charge is -2.00. The van der Waals surface area contributed by atoms with Gasteiger partial charge >= 0.3 is 0 Å². The van der Waals surface area contributed by atoms with Crippen molar-refractivity contribution in [3.8, 4) is 0 Å². The highest BCUT2D eigenvalue weighted by atomic mass is 32.1. The van der Waals surface area contributed by atoms with Gasteiger partial charge < -0.3 is 5.32 Å². The molecular weight excluding hydrogens is 196 g/mol. The maximum atomic E-state index is 4.50. The largest absolute Gasteiger partial charge is 0.316 e. The molecule has 1 fully saturated rings. The molecule has 0 amide bonds. The highest BCUT2D eigenvalue weighted by Crippen LogP contribution is 2.28. The van der Waals surface area contributed by atoms with Gasteiger partial charge in [0, 0.05) is 24.9 Å². The lowest BCUT2D eigenvalue weighted by Crippen LogP contribution is -2.07. The Hall–Kier alpha value is -1.07. The van der Waals surface area contributed by atoms with Gasteiger partial charge in [0.15, 0.2) is 10.5 Å². The van der Waals surface area contributed by atoms with Crippen molar-refractivity contribution in [3.05, 3.63) is 17.4 Å². The molecule has 5 heteroatoms. The third kappa shape index (κ3) is 1.29. The van der Waals surface area contributed by atoms with Gasteiger partial charge in [-0.3, -0.25) is 0 Å². The molecule has 2 aromatic heterocycles. The van der Waals surface area contributed by atoms with Crippen molar-refractivity contribution in [3.63, 3.8) is 0 Å². The first-order valence-corrected chi connectivity index (χ1v) is 5.53. The SMILES string of the molecule is c1cnc2sc(C3CCNC3)nc2n1. The van der Waals surface area contributed by atoms with Gasteiger partial charge in [-0.05, 0) is 13.0 Å². The highest BCUT2D eigenvalue weighted by molar-refractivity contribution is 7.18. The summed E-state index contributed by atoms with van der Waals surface area (Å²) in [6.45, 7) is 2.14. The zero-order valence-corrected chi connectivity index (χ0v) is 8.42. The van der Waals surface area contributed by atoms with E-state index >= 15 is 0 Å². The summed E-state index contributed by atoms with van der Waals surface area (Å²) in [6, 6.07) is 0. The number of hydrogen-bond acceptors (Lipinski definition) is 5. The monoisotopic (exact) mass is 206 g/mol. The second kappa shape index (κ2) is 3.25. The van der Waals surface area contributed by atoms with E-state index in [1.54, 1.807) is 23.7 Å². The zero-order chi connectivity index (χ0) is 9.38. The number of rotatable bonds is 1. The van der Waals surface area contributed by atoms with Gasteiger partial charge in [0.25, 0.3) is 0 Å². The molecule has 4 nitrogen and oxygen atoms in total. The van der Waals surface area contributed by atoms with Crippen molar-refractivity contribution >= 4 is 21.8 Å². The third-order valence-corrected chi connectivity index (χ3v) is 3.59. The van der Waals surface area contributed by atoms with Crippen LogP contribution in [0.2, 0.25) is 0 Å². The third-order valence-electron chi connectivity index (χ3n) is 2.47. The number of fused-ring (bicyclic) bond motifs is 1. The fourth-order valence-electron chi connectivity index (χ4n) is 1.73. The van der Waals surface area contributed by atoms with Crippen molar-refractivity contribution in [2.75, 3.05) is 13.1 Å². The van der Waals surface area contributed by atoms with Crippen LogP contribution < -0.4 is 5.32 Å². The Morgan fingerprint density at radius 2 is 2.29 bits per heavy atom. The molecule has 1 N–H and O–H groups in total. The first kappa shape index (κ1) is 8.26. The van der Waals surface area contributed by atoms with Crippen LogP contribution >= 0.6 is 11.3 Å². The van der Waals surface area contributed by atoms with Crippen LogP contribution in [0.1, 0.15) is 17.3 Å². The average Bonchev–Trinajstić information content (AvgIpc) is 2.86. The van der Waals surface area contributed by atoms with Gasteiger partial charge in [0.2, 0.25) is 0 Å². The quantitative estimate of drug-likeness (QED) is 0.760. The van der Waals surface area contributed by atoms with E-state index < -0.39 is 0 Å². The minimum Gasteiger partial charge on any atom is -0.316 e. The van der Waals surface area contributed by atoms with E-state index in [-0.39, 0.29) is 0 Å². The molecule has 0 aliphatic carbocycles. The predicted octanol–water partition coefficient (Wildman–Crippen LogP) is 1.16. The molecule has 1 unspecified atom stereocenters. The second-order valence-corrected chi connectivity index (χ2v) is 4.44. The van der Waals surface area contributed by atoms with Gasteiger partial charge in [-0.15, -0.1) is 0 Å². The molecule has 0 aromatic carbocycles. The zero-order valence-electron chi connectivity index (χ0n) is 7.60. The minimum atomic E-state index is 0.566. The summed E-state index contributed by atoms with van der Waals surface area (Å²) in [6.07, 6.45) is 4.59. The molecule has 2 aromatic rings. The van der Waals surface area contributed by atoms with Crippen molar-refractivity contribution in [1.82, 2.24) is 20.3 Å². The Morgan fingerprint density at radius 3 is 3.07 bits per heavy atom. The normalized spacial score (nSPS) is 21.9. The number of thiazole rings is 1. The molecule has 1 aliphatic rings. The summed E-state index contributed by atoms with van der Waals surface area (Å²) < 4.78 is 0. The summed E-state index contributed by atoms with van der Waals surface area (Å²) in [5, 5.41) is 4.52. The molecule has 0 spiro atoms. The number of aromatic nitrogens is 3. The van der Waals surface area contributed by atoms with E-state index in [4.69, 9.17) is 0 Å². The maximum Gasteiger partial charge on any atom is 0.189 e. The Labute approximate surface area is 85.4 Å². The molecule has 0 bridgehead atoms. The van der Waals surface area contributed by atoms with E-state index in [2.05, 4.69) is 20.3 Å². The molecule has 0 saturated carbocycles. The van der Waals surface area contributed by atoms with Gasteiger partial charge in [-0.1, -0.05) is 11.3 Å². The topological polar surface area (TPSA) is 50.7 Å². The van der Waals surface area contributed by atoms with Crippen LogP contribution in [0.5, 0.6) is 0 Å². The van der Waals surface area contributed by atoms with Gasteiger partial charge in [0.05, 0.1) is 0 Å². The van der Waals surface area contributed by atoms with E-state index in [0.29, 0.717) is 5.92 Å². The Kier molecular flexibility index (Phi) is 1.92. The molecule has 3 heterocycles. The van der Waals surface area contributed by atoms with Gasteiger partial charge in [-0.2, -0.15) is 0 Å². The molecule has 0 radical (unpaired) electrons. The number of nitrogens with one attached hydrogen (secondary N) is 1. The first-order chi connectivity index (χ1) is 6.93. The van der Waals surface area contributed by atoms with E-state index in [1.807, 2.05) is 0 Å². The number of nitrogens with zero attached hydrogens (tertiary/aromatic N) is 3. The molecule has 3 rings (SSSR count). The van der Waals surface area contributed by atoms with Gasteiger partial charge in [-0.25, -0.2) is 15.0 Å². The Morgan fingerprint density at radius 1 is 1.36 bits per heavy atom. The fraction of sp³-hybridized carbons (Fsp3) is 0.444. The molecule has 72 valence electrons.